The maximum Gasteiger partial charge on any atom is 0.297 e. The molecule has 0 aliphatic carbocycles. The molecule has 0 radical (unpaired) electrons. The molecule has 0 saturated heterocycles. The molecule has 1 atom stereocenters. The maximum atomic E-state index is 12.2. The molecule has 116 valence electrons. The predicted molar refractivity (Wildman–Crippen MR) is 82.4 cm³/mol. The third-order valence-corrected chi connectivity index (χ3v) is 4.00. The second-order valence-electron chi connectivity index (χ2n) is 5.82. The van der Waals surface area contributed by atoms with Gasteiger partial charge in [0, 0.05) is 6.42 Å². The van der Waals surface area contributed by atoms with Gasteiger partial charge in [-0.3, -0.25) is 4.18 Å². The van der Waals surface area contributed by atoms with Crippen LogP contribution in [0.15, 0.2) is 29.2 Å². The van der Waals surface area contributed by atoms with Crippen molar-refractivity contribution in [3.63, 3.8) is 0 Å². The second kappa shape index (κ2) is 7.08. The van der Waals surface area contributed by atoms with E-state index in [2.05, 4.69) is 5.92 Å². The quantitative estimate of drug-likeness (QED) is 0.599. The van der Waals surface area contributed by atoms with Crippen LogP contribution in [0.2, 0.25) is 0 Å². The van der Waals surface area contributed by atoms with Gasteiger partial charge in [-0.1, -0.05) is 17.7 Å². The van der Waals surface area contributed by atoms with Crippen LogP contribution >= 0.6 is 0 Å². The number of benzene rings is 1. The van der Waals surface area contributed by atoms with E-state index in [1.165, 1.54) is 12.1 Å². The summed E-state index contributed by atoms with van der Waals surface area (Å²) < 4.78 is 35.2. The average molecular weight is 310 g/mol. The molecule has 0 aliphatic heterocycles. The van der Waals surface area contributed by atoms with Gasteiger partial charge in [-0.25, -0.2) is 0 Å². The Kier molecular flexibility index (Phi) is 5.97. The zero-order valence-electron chi connectivity index (χ0n) is 12.9. The van der Waals surface area contributed by atoms with Crippen molar-refractivity contribution < 1.29 is 17.3 Å². The van der Waals surface area contributed by atoms with E-state index < -0.39 is 16.2 Å². The fourth-order valence-corrected chi connectivity index (χ4v) is 2.60. The number of hydrogen-bond acceptors (Lipinski definition) is 4. The van der Waals surface area contributed by atoms with Gasteiger partial charge in [0.15, 0.2) is 0 Å². The van der Waals surface area contributed by atoms with Crippen molar-refractivity contribution in [1.82, 2.24) is 0 Å². The van der Waals surface area contributed by atoms with Gasteiger partial charge < -0.3 is 4.74 Å². The number of terminal acetylenes is 1. The lowest BCUT2D eigenvalue weighted by atomic mass is 10.2. The van der Waals surface area contributed by atoms with Gasteiger partial charge in [0.1, 0.15) is 6.10 Å². The van der Waals surface area contributed by atoms with Crippen LogP contribution in [0.5, 0.6) is 0 Å². The Hall–Kier alpha value is -1.35. The van der Waals surface area contributed by atoms with Gasteiger partial charge in [-0.2, -0.15) is 8.42 Å². The summed E-state index contributed by atoms with van der Waals surface area (Å²) >= 11 is 0. The minimum Gasteiger partial charge on any atom is -0.373 e. The molecular weight excluding hydrogens is 288 g/mol. The Labute approximate surface area is 127 Å². The smallest absolute Gasteiger partial charge is 0.297 e. The van der Waals surface area contributed by atoms with Crippen LogP contribution in [-0.2, 0) is 19.0 Å². The lowest BCUT2D eigenvalue weighted by molar-refractivity contribution is -0.0392. The summed E-state index contributed by atoms with van der Waals surface area (Å²) in [6, 6.07) is 6.47. The molecule has 0 fully saturated rings. The molecule has 0 amide bonds. The second-order valence-corrected chi connectivity index (χ2v) is 7.39. The Morgan fingerprint density at radius 3 is 2.29 bits per heavy atom. The molecular formula is C16H22O4S. The van der Waals surface area contributed by atoms with Gasteiger partial charge >= 0.3 is 0 Å². The molecule has 1 aromatic rings. The summed E-state index contributed by atoms with van der Waals surface area (Å²) in [6.07, 6.45) is 4.74. The fourth-order valence-electron chi connectivity index (χ4n) is 1.53. The van der Waals surface area contributed by atoms with Crippen molar-refractivity contribution in [3.8, 4) is 12.3 Å². The monoisotopic (exact) mass is 310 g/mol. The summed E-state index contributed by atoms with van der Waals surface area (Å²) in [5, 5.41) is 0. The minimum absolute atomic E-state index is 0.117. The van der Waals surface area contributed by atoms with Gasteiger partial charge in [0.2, 0.25) is 0 Å². The minimum atomic E-state index is -3.84. The molecule has 0 saturated carbocycles. The third-order valence-electron chi connectivity index (χ3n) is 2.62. The number of hydrogen-bond donors (Lipinski definition) is 0. The van der Waals surface area contributed by atoms with Gasteiger partial charge in [-0.05, 0) is 39.8 Å². The first-order chi connectivity index (χ1) is 9.64. The van der Waals surface area contributed by atoms with E-state index in [0.717, 1.165) is 5.56 Å². The predicted octanol–water partition coefficient (Wildman–Crippen LogP) is 2.91. The summed E-state index contributed by atoms with van der Waals surface area (Å²) in [5.74, 6) is 2.42. The molecule has 1 rings (SSSR count). The largest absolute Gasteiger partial charge is 0.373 e. The molecule has 5 heteroatoms. The normalized spacial score (nSPS) is 13.7. The summed E-state index contributed by atoms with van der Waals surface area (Å²) in [5.41, 5.74) is 0.592. The SMILES string of the molecule is C#CC[C@H](COC(C)(C)C)OS(=O)(=O)c1ccc(C)cc1. The van der Waals surface area contributed by atoms with Crippen molar-refractivity contribution in [1.29, 1.82) is 0 Å². The summed E-state index contributed by atoms with van der Waals surface area (Å²) in [6.45, 7) is 7.66. The molecule has 0 spiro atoms. The molecule has 0 heterocycles. The fraction of sp³-hybridized carbons (Fsp3) is 0.500. The van der Waals surface area contributed by atoms with E-state index in [4.69, 9.17) is 15.3 Å². The molecule has 0 N–H and O–H groups in total. The van der Waals surface area contributed by atoms with Crippen molar-refractivity contribution in [2.45, 2.75) is 50.7 Å². The molecule has 4 nitrogen and oxygen atoms in total. The van der Waals surface area contributed by atoms with Crippen molar-refractivity contribution in [2.75, 3.05) is 6.61 Å². The molecule has 0 aromatic heterocycles. The molecule has 1 aromatic carbocycles. The highest BCUT2D eigenvalue weighted by atomic mass is 32.2. The van der Waals surface area contributed by atoms with Crippen LogP contribution in [0.3, 0.4) is 0 Å². The van der Waals surface area contributed by atoms with E-state index >= 15 is 0 Å². The Morgan fingerprint density at radius 2 is 1.81 bits per heavy atom. The van der Waals surface area contributed by atoms with Crippen LogP contribution in [-0.4, -0.2) is 26.7 Å². The van der Waals surface area contributed by atoms with Crippen molar-refractivity contribution in [3.05, 3.63) is 29.8 Å². The first-order valence-corrected chi connectivity index (χ1v) is 8.12. The first kappa shape index (κ1) is 17.7. The van der Waals surface area contributed by atoms with E-state index in [-0.39, 0.29) is 23.5 Å². The Balaban J connectivity index is 2.82. The van der Waals surface area contributed by atoms with Gasteiger partial charge in [0.05, 0.1) is 17.1 Å². The highest BCUT2D eigenvalue weighted by Crippen LogP contribution is 2.18. The van der Waals surface area contributed by atoms with Gasteiger partial charge in [-0.15, -0.1) is 12.3 Å². The topological polar surface area (TPSA) is 52.6 Å². The highest BCUT2D eigenvalue weighted by molar-refractivity contribution is 7.86. The van der Waals surface area contributed by atoms with E-state index in [1.807, 2.05) is 27.7 Å². The number of rotatable bonds is 6. The van der Waals surface area contributed by atoms with E-state index in [9.17, 15) is 8.42 Å². The van der Waals surface area contributed by atoms with Crippen LogP contribution in [0.25, 0.3) is 0 Å². The van der Waals surface area contributed by atoms with Crippen molar-refractivity contribution >= 4 is 10.1 Å². The van der Waals surface area contributed by atoms with Crippen LogP contribution < -0.4 is 0 Å². The Morgan fingerprint density at radius 1 is 1.24 bits per heavy atom. The molecule has 0 unspecified atom stereocenters. The van der Waals surface area contributed by atoms with E-state index in [1.54, 1.807) is 12.1 Å². The van der Waals surface area contributed by atoms with Crippen molar-refractivity contribution in [2.24, 2.45) is 0 Å². The van der Waals surface area contributed by atoms with Crippen LogP contribution in [0.4, 0.5) is 0 Å². The average Bonchev–Trinajstić information content (AvgIpc) is 2.35. The van der Waals surface area contributed by atoms with Gasteiger partial charge in [0.25, 0.3) is 10.1 Å². The molecule has 0 bridgehead atoms. The third kappa shape index (κ3) is 6.30. The standard InChI is InChI=1S/C16H22O4S/c1-6-7-14(12-19-16(3,4)5)20-21(17,18)15-10-8-13(2)9-11-15/h1,8-11,14H,7,12H2,2-5H3/t14-/m1/s1. The number of aryl methyl sites for hydroxylation is 1. The molecule has 21 heavy (non-hydrogen) atoms. The highest BCUT2D eigenvalue weighted by Gasteiger charge is 2.23. The lowest BCUT2D eigenvalue weighted by Gasteiger charge is -2.23. The first-order valence-electron chi connectivity index (χ1n) is 6.71. The zero-order valence-corrected chi connectivity index (χ0v) is 13.7. The van der Waals surface area contributed by atoms with E-state index in [0.29, 0.717) is 0 Å². The Bertz CT molecular complexity index is 589. The maximum absolute atomic E-state index is 12.2. The van der Waals surface area contributed by atoms with Crippen LogP contribution in [0.1, 0.15) is 32.8 Å². The summed E-state index contributed by atoms with van der Waals surface area (Å²) in [4.78, 5) is 0.117. The number of ether oxygens (including phenoxy) is 1. The lowest BCUT2D eigenvalue weighted by Crippen LogP contribution is -2.29. The zero-order chi connectivity index (χ0) is 16.1. The summed E-state index contributed by atoms with van der Waals surface area (Å²) in [7, 11) is -3.84. The van der Waals surface area contributed by atoms with Crippen LogP contribution in [0, 0.1) is 19.3 Å². The molecule has 0 aliphatic rings.